The van der Waals surface area contributed by atoms with Crippen molar-refractivity contribution < 1.29 is 9.53 Å². The molecule has 2 aliphatic rings. The molecule has 2 aromatic heterocycles. The van der Waals surface area contributed by atoms with E-state index in [1.54, 1.807) is 39.8 Å². The Morgan fingerprint density at radius 1 is 1.09 bits per heavy atom. The maximum Gasteiger partial charge on any atom is 0.335 e. The second-order valence-corrected chi connectivity index (χ2v) is 11.7. The van der Waals surface area contributed by atoms with Crippen molar-refractivity contribution in [1.29, 1.82) is 5.26 Å². The first kappa shape index (κ1) is 29.1. The normalized spacial score (nSPS) is 16.5. The quantitative estimate of drug-likeness (QED) is 0.232. The highest BCUT2D eigenvalue weighted by molar-refractivity contribution is 5.98. The Balaban J connectivity index is 1.19. The molecule has 12 nitrogen and oxygen atoms in total. The summed E-state index contributed by atoms with van der Waals surface area (Å²) in [6, 6.07) is 18.7. The van der Waals surface area contributed by atoms with Crippen LogP contribution >= 0.6 is 0 Å². The van der Waals surface area contributed by atoms with Gasteiger partial charge in [-0.05, 0) is 56.3 Å². The second kappa shape index (κ2) is 11.9. The number of anilines is 1. The molecule has 6 rings (SSSR count). The molecule has 2 aliphatic heterocycles. The largest absolute Gasteiger partial charge is 0.457 e. The van der Waals surface area contributed by atoms with Gasteiger partial charge in [-0.3, -0.25) is 18.8 Å². The summed E-state index contributed by atoms with van der Waals surface area (Å²) >= 11 is 0. The molecule has 12 heteroatoms. The topological polar surface area (TPSA) is 147 Å². The molecule has 0 saturated carbocycles. The third-order valence-corrected chi connectivity index (χ3v) is 8.27. The zero-order valence-corrected chi connectivity index (χ0v) is 24.8. The van der Waals surface area contributed by atoms with Crippen LogP contribution < -0.4 is 21.5 Å². The molecule has 3 N–H and O–H groups in total. The summed E-state index contributed by atoms with van der Waals surface area (Å²) in [6.45, 7) is 8.71. The third-order valence-electron chi connectivity index (χ3n) is 8.27. The van der Waals surface area contributed by atoms with Crippen molar-refractivity contribution in [3.05, 3.63) is 83.1 Å². The first-order valence-electron chi connectivity index (χ1n) is 14.7. The molecular formula is C32H35N9O3. The molecule has 2 aromatic carbocycles. The maximum atomic E-state index is 13.8. The van der Waals surface area contributed by atoms with Gasteiger partial charge in [0.2, 0.25) is 0 Å². The average Bonchev–Trinajstić information content (AvgIpc) is 3.30. The van der Waals surface area contributed by atoms with Gasteiger partial charge in [-0.25, -0.2) is 14.8 Å². The van der Waals surface area contributed by atoms with Crippen LogP contribution in [0.25, 0.3) is 16.9 Å². The van der Waals surface area contributed by atoms with E-state index < -0.39 is 5.54 Å². The minimum absolute atomic E-state index is 0.00894. The number of nitrogen functional groups attached to an aromatic ring is 1. The van der Waals surface area contributed by atoms with E-state index in [0.29, 0.717) is 48.0 Å². The number of carbonyl (C=O) groups excluding carboxylic acids is 1. The predicted molar refractivity (Wildman–Crippen MR) is 166 cm³/mol. The molecule has 0 unspecified atom stereocenters. The standard InChI is InChI=1S/C32H35N9O3/c1-32(2,39-14-12-35-13-15-39)16-23(17-33)30(42)38-18-22(19-38)20-40-29-27(28(34)36-21-37-29)41(31(40)43)24-8-10-26(11-9-24)44-25-6-4-3-5-7-25/h3-11,16,21-22,35H,12-15,18-20H2,1-2H3,(H2,34,36,37). The van der Waals surface area contributed by atoms with Gasteiger partial charge in [-0.2, -0.15) is 5.26 Å². The molecule has 4 aromatic rings. The highest BCUT2D eigenvalue weighted by Gasteiger charge is 2.35. The number of likely N-dealkylation sites (tertiary alicyclic amines) is 1. The zero-order valence-electron chi connectivity index (χ0n) is 24.8. The van der Waals surface area contributed by atoms with E-state index in [0.717, 1.165) is 26.2 Å². The summed E-state index contributed by atoms with van der Waals surface area (Å²) < 4.78 is 8.99. The summed E-state index contributed by atoms with van der Waals surface area (Å²) in [6.07, 6.45) is 3.12. The SMILES string of the molecule is CC(C)(C=C(C#N)C(=O)N1CC(Cn2c(=O)n(-c3ccc(Oc4ccccc4)cc3)c3c(N)ncnc32)C1)N1CCNCC1. The van der Waals surface area contributed by atoms with Crippen molar-refractivity contribution in [3.8, 4) is 23.3 Å². The molecule has 0 bridgehead atoms. The van der Waals surface area contributed by atoms with Crippen LogP contribution in [-0.2, 0) is 11.3 Å². The Morgan fingerprint density at radius 3 is 2.45 bits per heavy atom. The Morgan fingerprint density at radius 2 is 1.77 bits per heavy atom. The Bertz CT molecular complexity index is 1790. The highest BCUT2D eigenvalue weighted by Crippen LogP contribution is 2.27. The highest BCUT2D eigenvalue weighted by atomic mass is 16.5. The lowest BCUT2D eigenvalue weighted by Gasteiger charge is -2.41. The van der Waals surface area contributed by atoms with Crippen LogP contribution in [0.1, 0.15) is 13.8 Å². The van der Waals surface area contributed by atoms with E-state index in [1.807, 2.05) is 44.2 Å². The minimum atomic E-state index is -0.423. The number of amides is 1. The number of benzene rings is 2. The van der Waals surface area contributed by atoms with Crippen LogP contribution in [0.15, 0.2) is 77.4 Å². The molecule has 0 aliphatic carbocycles. The summed E-state index contributed by atoms with van der Waals surface area (Å²) in [5.74, 6) is 1.25. The van der Waals surface area contributed by atoms with Gasteiger partial charge < -0.3 is 20.7 Å². The van der Waals surface area contributed by atoms with Crippen LogP contribution in [0.2, 0.25) is 0 Å². The third kappa shape index (κ3) is 5.67. The van der Waals surface area contributed by atoms with Gasteiger partial charge in [0, 0.05) is 57.3 Å². The number of nitriles is 1. The molecule has 44 heavy (non-hydrogen) atoms. The van der Waals surface area contributed by atoms with Gasteiger partial charge in [0.1, 0.15) is 35.0 Å². The fourth-order valence-electron chi connectivity index (χ4n) is 5.90. The number of fused-ring (bicyclic) bond motifs is 1. The number of nitrogens with zero attached hydrogens (tertiary/aromatic N) is 7. The van der Waals surface area contributed by atoms with Gasteiger partial charge in [0.25, 0.3) is 5.91 Å². The smallest absolute Gasteiger partial charge is 0.335 e. The van der Waals surface area contributed by atoms with E-state index >= 15 is 0 Å². The molecular weight excluding hydrogens is 558 g/mol. The Labute approximate surface area is 255 Å². The average molecular weight is 594 g/mol. The number of carbonyl (C=O) groups is 1. The lowest BCUT2D eigenvalue weighted by atomic mass is 9.95. The van der Waals surface area contributed by atoms with Crippen molar-refractivity contribution in [2.75, 3.05) is 45.0 Å². The van der Waals surface area contributed by atoms with Gasteiger partial charge in [0.15, 0.2) is 11.5 Å². The first-order valence-corrected chi connectivity index (χ1v) is 14.7. The number of aromatic nitrogens is 4. The monoisotopic (exact) mass is 593 g/mol. The van der Waals surface area contributed by atoms with Crippen LogP contribution in [-0.4, -0.2) is 79.6 Å². The number of hydrogen-bond acceptors (Lipinski definition) is 9. The van der Waals surface area contributed by atoms with Crippen molar-refractivity contribution in [1.82, 2.24) is 34.2 Å². The van der Waals surface area contributed by atoms with E-state index in [4.69, 9.17) is 10.5 Å². The van der Waals surface area contributed by atoms with Crippen LogP contribution in [0.5, 0.6) is 11.5 Å². The van der Waals surface area contributed by atoms with Crippen molar-refractivity contribution in [2.45, 2.75) is 25.9 Å². The van der Waals surface area contributed by atoms with Crippen LogP contribution in [0.3, 0.4) is 0 Å². The van der Waals surface area contributed by atoms with Crippen molar-refractivity contribution >= 4 is 22.9 Å². The lowest BCUT2D eigenvalue weighted by Crippen LogP contribution is -2.54. The number of imidazole rings is 1. The number of ether oxygens (including phenoxy) is 1. The first-order chi connectivity index (χ1) is 21.2. The number of nitrogens with two attached hydrogens (primary N) is 1. The summed E-state index contributed by atoms with van der Waals surface area (Å²) in [5, 5.41) is 13.2. The Hall–Kier alpha value is -4.99. The van der Waals surface area contributed by atoms with Crippen molar-refractivity contribution in [3.63, 3.8) is 0 Å². The number of nitrogens with one attached hydrogen (secondary N) is 1. The molecule has 2 fully saturated rings. The van der Waals surface area contributed by atoms with E-state index in [2.05, 4.69) is 26.3 Å². The summed E-state index contributed by atoms with van der Waals surface area (Å²) in [4.78, 5) is 39.5. The number of para-hydroxylation sites is 1. The van der Waals surface area contributed by atoms with Gasteiger partial charge in [0.05, 0.1) is 5.69 Å². The zero-order chi connectivity index (χ0) is 30.8. The summed E-state index contributed by atoms with van der Waals surface area (Å²) in [5.41, 5.74) is 7.12. The van der Waals surface area contributed by atoms with Crippen LogP contribution in [0.4, 0.5) is 5.82 Å². The number of rotatable bonds is 8. The number of hydrogen-bond donors (Lipinski definition) is 2. The molecule has 2 saturated heterocycles. The van der Waals surface area contributed by atoms with Gasteiger partial charge in [-0.1, -0.05) is 18.2 Å². The molecule has 226 valence electrons. The summed E-state index contributed by atoms with van der Waals surface area (Å²) in [7, 11) is 0. The molecule has 0 radical (unpaired) electrons. The predicted octanol–water partition coefficient (Wildman–Crippen LogP) is 2.55. The lowest BCUT2D eigenvalue weighted by molar-refractivity contribution is -0.133. The minimum Gasteiger partial charge on any atom is -0.457 e. The fourth-order valence-corrected chi connectivity index (χ4v) is 5.90. The fraction of sp³-hybridized carbons (Fsp3) is 0.344. The van der Waals surface area contributed by atoms with Gasteiger partial charge in [-0.15, -0.1) is 0 Å². The Kier molecular flexibility index (Phi) is 7.90. The van der Waals surface area contributed by atoms with Crippen LogP contribution in [0, 0.1) is 17.2 Å². The maximum absolute atomic E-state index is 13.8. The van der Waals surface area contributed by atoms with E-state index in [1.165, 1.54) is 10.9 Å². The van der Waals surface area contributed by atoms with E-state index in [9.17, 15) is 14.9 Å². The molecule has 1 amide bonds. The number of piperazine rings is 1. The van der Waals surface area contributed by atoms with Crippen molar-refractivity contribution in [2.24, 2.45) is 5.92 Å². The van der Waals surface area contributed by atoms with E-state index in [-0.39, 0.29) is 28.9 Å². The molecule has 4 heterocycles. The second-order valence-electron chi connectivity index (χ2n) is 11.7. The molecule has 0 spiro atoms. The molecule has 0 atom stereocenters. The van der Waals surface area contributed by atoms with Gasteiger partial charge >= 0.3 is 5.69 Å².